The fourth-order valence-corrected chi connectivity index (χ4v) is 3.79. The third kappa shape index (κ3) is 3.12. The molecule has 25 heavy (non-hydrogen) atoms. The van der Waals surface area contributed by atoms with Gasteiger partial charge in [0.05, 0.1) is 5.39 Å². The van der Waals surface area contributed by atoms with Crippen molar-refractivity contribution in [3.05, 3.63) is 42.1 Å². The van der Waals surface area contributed by atoms with E-state index in [0.717, 1.165) is 59.7 Å². The van der Waals surface area contributed by atoms with Gasteiger partial charge in [-0.25, -0.2) is 9.97 Å². The lowest BCUT2D eigenvalue weighted by atomic mass is 9.99. The van der Waals surface area contributed by atoms with Gasteiger partial charge in [-0.2, -0.15) is 0 Å². The smallest absolute Gasteiger partial charge is 0.163 e. The van der Waals surface area contributed by atoms with Crippen LogP contribution >= 0.6 is 0 Å². The molecule has 1 aliphatic rings. The fraction of sp³-hybridized carbons (Fsp3) is 0.400. The number of aryl methyl sites for hydroxylation is 1. The Bertz CT molecular complexity index is 857. The summed E-state index contributed by atoms with van der Waals surface area (Å²) < 4.78 is 0. The molecule has 0 bridgehead atoms. The molecule has 1 aliphatic heterocycles. The van der Waals surface area contributed by atoms with Gasteiger partial charge in [-0.3, -0.25) is 0 Å². The molecule has 5 heteroatoms. The highest BCUT2D eigenvalue weighted by Gasteiger charge is 2.26. The second-order valence-electron chi connectivity index (χ2n) is 6.81. The van der Waals surface area contributed by atoms with Gasteiger partial charge in [-0.15, -0.1) is 0 Å². The Morgan fingerprint density at radius 2 is 2.04 bits per heavy atom. The maximum absolute atomic E-state index is 9.47. The number of fused-ring (bicyclic) bond motifs is 1. The minimum Gasteiger partial charge on any atom is -0.396 e. The molecule has 1 saturated heterocycles. The molecule has 0 saturated carbocycles. The molecule has 2 aromatic heterocycles. The van der Waals surface area contributed by atoms with E-state index >= 15 is 0 Å². The zero-order valence-corrected chi connectivity index (χ0v) is 14.6. The topological polar surface area (TPSA) is 65.0 Å². The van der Waals surface area contributed by atoms with Crippen molar-refractivity contribution < 1.29 is 5.11 Å². The summed E-state index contributed by atoms with van der Waals surface area (Å²) in [6.45, 7) is 3.25. The fourth-order valence-electron chi connectivity index (χ4n) is 3.79. The van der Waals surface area contributed by atoms with Crippen molar-refractivity contribution in [1.29, 1.82) is 0 Å². The molecular weight excluding hydrogens is 312 g/mol. The molecule has 4 rings (SSSR count). The minimum atomic E-state index is 0.215. The average Bonchev–Trinajstić information content (AvgIpc) is 3.02. The van der Waals surface area contributed by atoms with Crippen LogP contribution in [-0.4, -0.2) is 39.3 Å². The van der Waals surface area contributed by atoms with Crippen LogP contribution in [-0.2, 0) is 0 Å². The van der Waals surface area contributed by atoms with Gasteiger partial charge in [0.1, 0.15) is 11.5 Å². The Kier molecular flexibility index (Phi) is 4.40. The summed E-state index contributed by atoms with van der Waals surface area (Å²) in [4.78, 5) is 15.5. The van der Waals surface area contributed by atoms with Crippen LogP contribution in [0.25, 0.3) is 22.4 Å². The van der Waals surface area contributed by atoms with E-state index in [4.69, 9.17) is 9.97 Å². The van der Waals surface area contributed by atoms with Gasteiger partial charge >= 0.3 is 0 Å². The molecule has 1 atom stereocenters. The van der Waals surface area contributed by atoms with Crippen LogP contribution < -0.4 is 4.90 Å². The monoisotopic (exact) mass is 336 g/mol. The Balaban J connectivity index is 1.86. The van der Waals surface area contributed by atoms with E-state index in [0.29, 0.717) is 6.04 Å². The number of H-pyrrole nitrogens is 1. The number of aromatic amines is 1. The number of rotatable bonds is 4. The van der Waals surface area contributed by atoms with Gasteiger partial charge < -0.3 is 15.0 Å². The molecule has 1 unspecified atom stereocenters. The minimum absolute atomic E-state index is 0.215. The number of aliphatic hydroxyl groups excluding tert-OH is 1. The van der Waals surface area contributed by atoms with E-state index in [1.807, 2.05) is 30.3 Å². The Labute approximate surface area is 147 Å². The van der Waals surface area contributed by atoms with Gasteiger partial charge in [0.25, 0.3) is 0 Å². The molecule has 0 aliphatic carbocycles. The first-order valence-electron chi connectivity index (χ1n) is 9.06. The third-order valence-electron chi connectivity index (χ3n) is 5.00. The summed E-state index contributed by atoms with van der Waals surface area (Å²) in [6.07, 6.45) is 4.27. The second kappa shape index (κ2) is 6.84. The summed E-state index contributed by atoms with van der Waals surface area (Å²) in [5, 5.41) is 10.5. The first-order chi connectivity index (χ1) is 12.3. The summed E-state index contributed by atoms with van der Waals surface area (Å²) in [5.74, 6) is 1.74. The lowest BCUT2D eigenvalue weighted by Gasteiger charge is -2.37. The van der Waals surface area contributed by atoms with Gasteiger partial charge in [0.15, 0.2) is 5.82 Å². The number of nitrogens with one attached hydrogen (secondary N) is 1. The van der Waals surface area contributed by atoms with Crippen LogP contribution in [0.2, 0.25) is 0 Å². The quantitative estimate of drug-likeness (QED) is 0.763. The maximum atomic E-state index is 9.47. The normalized spacial score (nSPS) is 18.0. The van der Waals surface area contributed by atoms with Crippen LogP contribution in [0.15, 0.2) is 36.4 Å². The van der Waals surface area contributed by atoms with Crippen LogP contribution in [0.5, 0.6) is 0 Å². The number of benzene rings is 1. The Morgan fingerprint density at radius 1 is 1.20 bits per heavy atom. The molecule has 0 spiro atoms. The third-order valence-corrected chi connectivity index (χ3v) is 5.00. The summed E-state index contributed by atoms with van der Waals surface area (Å²) >= 11 is 0. The first kappa shape index (κ1) is 16.1. The van der Waals surface area contributed by atoms with E-state index < -0.39 is 0 Å². The summed E-state index contributed by atoms with van der Waals surface area (Å²) in [6, 6.07) is 12.6. The largest absolute Gasteiger partial charge is 0.396 e. The predicted molar refractivity (Wildman–Crippen MR) is 101 cm³/mol. The van der Waals surface area contributed by atoms with Gasteiger partial charge in [-0.05, 0) is 38.7 Å². The maximum Gasteiger partial charge on any atom is 0.163 e. The molecule has 1 aromatic carbocycles. The molecule has 3 heterocycles. The van der Waals surface area contributed by atoms with Gasteiger partial charge in [0.2, 0.25) is 0 Å². The van der Waals surface area contributed by atoms with Crippen molar-refractivity contribution in [3.8, 4) is 11.4 Å². The lowest BCUT2D eigenvalue weighted by molar-refractivity contribution is 0.262. The summed E-state index contributed by atoms with van der Waals surface area (Å²) in [7, 11) is 0. The number of aliphatic hydroxyl groups is 1. The number of piperidine rings is 1. The highest BCUT2D eigenvalue weighted by molar-refractivity contribution is 5.90. The number of anilines is 1. The molecular formula is C20H24N4O. The van der Waals surface area contributed by atoms with Crippen molar-refractivity contribution in [2.75, 3.05) is 18.1 Å². The highest BCUT2D eigenvalue weighted by atomic mass is 16.3. The average molecular weight is 336 g/mol. The zero-order chi connectivity index (χ0) is 17.2. The molecule has 2 N–H and O–H groups in total. The SMILES string of the molecule is Cc1cc2c(N3CCCCC3CCO)nc(-c3ccccc3)nc2[nH]1. The highest BCUT2D eigenvalue weighted by Crippen LogP contribution is 2.32. The van der Waals surface area contributed by atoms with Crippen LogP contribution in [0.4, 0.5) is 5.82 Å². The molecule has 1 fully saturated rings. The zero-order valence-electron chi connectivity index (χ0n) is 14.6. The molecule has 5 nitrogen and oxygen atoms in total. The van der Waals surface area contributed by atoms with Gasteiger partial charge in [0, 0.05) is 30.5 Å². The second-order valence-corrected chi connectivity index (χ2v) is 6.81. The predicted octanol–water partition coefficient (Wildman–Crippen LogP) is 3.67. The van der Waals surface area contributed by atoms with E-state index in [-0.39, 0.29) is 6.61 Å². The van der Waals surface area contributed by atoms with Crippen LogP contribution in [0.3, 0.4) is 0 Å². The van der Waals surface area contributed by atoms with E-state index in [2.05, 4.69) is 22.9 Å². The standard InChI is InChI=1S/C20H24N4O/c1-14-13-17-19(21-14)22-18(15-7-3-2-4-8-15)23-20(17)24-11-6-5-9-16(24)10-12-25/h2-4,7-8,13,16,25H,5-6,9-12H2,1H3,(H,21,22,23). The van der Waals surface area contributed by atoms with Crippen molar-refractivity contribution in [2.45, 2.75) is 38.6 Å². The molecule has 0 radical (unpaired) electrons. The summed E-state index contributed by atoms with van der Waals surface area (Å²) in [5.41, 5.74) is 3.00. The van der Waals surface area contributed by atoms with Crippen LogP contribution in [0.1, 0.15) is 31.4 Å². The van der Waals surface area contributed by atoms with Gasteiger partial charge in [-0.1, -0.05) is 30.3 Å². The van der Waals surface area contributed by atoms with E-state index in [1.54, 1.807) is 0 Å². The Morgan fingerprint density at radius 3 is 2.84 bits per heavy atom. The van der Waals surface area contributed by atoms with Crippen molar-refractivity contribution in [2.24, 2.45) is 0 Å². The van der Waals surface area contributed by atoms with Crippen molar-refractivity contribution in [1.82, 2.24) is 15.0 Å². The molecule has 130 valence electrons. The molecule has 3 aromatic rings. The Hall–Kier alpha value is -2.40. The van der Waals surface area contributed by atoms with E-state index in [9.17, 15) is 5.11 Å². The number of hydrogen-bond acceptors (Lipinski definition) is 4. The van der Waals surface area contributed by atoms with E-state index in [1.165, 1.54) is 6.42 Å². The lowest BCUT2D eigenvalue weighted by Crippen LogP contribution is -2.40. The first-order valence-corrected chi connectivity index (χ1v) is 9.06. The number of nitrogens with zero attached hydrogens (tertiary/aromatic N) is 3. The van der Waals surface area contributed by atoms with Crippen molar-refractivity contribution >= 4 is 16.9 Å². The number of aromatic nitrogens is 3. The van der Waals surface area contributed by atoms with Crippen molar-refractivity contribution in [3.63, 3.8) is 0 Å². The van der Waals surface area contributed by atoms with Crippen LogP contribution in [0, 0.1) is 6.92 Å². The molecule has 0 amide bonds. The number of hydrogen-bond donors (Lipinski definition) is 2.